The molecule has 0 bridgehead atoms. The number of ether oxygens (including phenoxy) is 1. The molecule has 0 aliphatic carbocycles. The van der Waals surface area contributed by atoms with Crippen LogP contribution in [-0.4, -0.2) is 30.0 Å². The van der Waals surface area contributed by atoms with Crippen molar-refractivity contribution >= 4 is 6.09 Å². The summed E-state index contributed by atoms with van der Waals surface area (Å²) in [5.74, 6) is 0. The first kappa shape index (κ1) is 6.35. The van der Waals surface area contributed by atoms with Gasteiger partial charge in [-0.25, -0.2) is 4.79 Å². The zero-order valence-corrected chi connectivity index (χ0v) is 5.13. The van der Waals surface area contributed by atoms with Crippen molar-refractivity contribution in [3.8, 4) is 0 Å². The highest BCUT2D eigenvalue weighted by atomic mass is 16.6. The number of cyclic esters (lactones) is 1. The molecule has 1 heterocycles. The Balaban J connectivity index is 2.39. The number of alkyl carbamates (subject to hydrolysis) is 1. The Bertz CT molecular complexity index is 123. The fourth-order valence-electron chi connectivity index (χ4n) is 0.660. The van der Waals surface area contributed by atoms with Crippen LogP contribution in [0.15, 0.2) is 0 Å². The lowest BCUT2D eigenvalue weighted by molar-refractivity contribution is 0.139. The minimum absolute atomic E-state index is 0.225. The van der Waals surface area contributed by atoms with E-state index in [4.69, 9.17) is 5.11 Å². The standard InChI is InChI=1S/C5H9NO3/c1-3(7)4-2-9-5(8)6-4/h3-4,7H,2H2,1H3,(H,6,8)/t3-,4-/m1/s1. The highest BCUT2D eigenvalue weighted by Gasteiger charge is 2.25. The molecule has 1 aliphatic rings. The molecular weight excluding hydrogens is 122 g/mol. The number of aliphatic hydroxyl groups excluding tert-OH is 1. The van der Waals surface area contributed by atoms with Crippen molar-refractivity contribution in [2.24, 2.45) is 0 Å². The molecule has 0 aromatic carbocycles. The predicted octanol–water partition coefficient (Wildman–Crippen LogP) is -0.524. The van der Waals surface area contributed by atoms with Crippen LogP contribution in [-0.2, 0) is 4.74 Å². The smallest absolute Gasteiger partial charge is 0.407 e. The largest absolute Gasteiger partial charge is 0.447 e. The quantitative estimate of drug-likeness (QED) is 0.503. The Kier molecular flexibility index (Phi) is 1.57. The van der Waals surface area contributed by atoms with Crippen molar-refractivity contribution in [3.05, 3.63) is 0 Å². The van der Waals surface area contributed by atoms with E-state index in [9.17, 15) is 4.79 Å². The van der Waals surface area contributed by atoms with Crippen LogP contribution in [0.25, 0.3) is 0 Å². The van der Waals surface area contributed by atoms with Gasteiger partial charge in [0, 0.05) is 0 Å². The van der Waals surface area contributed by atoms with Crippen LogP contribution < -0.4 is 5.32 Å². The van der Waals surface area contributed by atoms with Gasteiger partial charge < -0.3 is 15.2 Å². The summed E-state index contributed by atoms with van der Waals surface area (Å²) in [6.45, 7) is 1.89. The molecule has 0 radical (unpaired) electrons. The van der Waals surface area contributed by atoms with Crippen LogP contribution >= 0.6 is 0 Å². The van der Waals surface area contributed by atoms with Gasteiger partial charge in [-0.2, -0.15) is 0 Å². The van der Waals surface area contributed by atoms with E-state index >= 15 is 0 Å². The van der Waals surface area contributed by atoms with Crippen molar-refractivity contribution < 1.29 is 14.6 Å². The minimum atomic E-state index is -0.531. The minimum Gasteiger partial charge on any atom is -0.447 e. The second-order valence-electron chi connectivity index (χ2n) is 2.09. The van der Waals surface area contributed by atoms with Crippen LogP contribution in [0.1, 0.15) is 6.92 Å². The topological polar surface area (TPSA) is 58.6 Å². The van der Waals surface area contributed by atoms with E-state index in [0.29, 0.717) is 0 Å². The molecule has 1 saturated heterocycles. The number of amides is 1. The molecule has 0 aromatic rings. The monoisotopic (exact) mass is 131 g/mol. The highest BCUT2D eigenvalue weighted by molar-refractivity contribution is 5.69. The maximum absolute atomic E-state index is 10.3. The normalized spacial score (nSPS) is 29.1. The Morgan fingerprint density at radius 2 is 2.67 bits per heavy atom. The molecular formula is C5H9NO3. The first-order chi connectivity index (χ1) is 4.20. The molecule has 0 saturated carbocycles. The molecule has 0 aromatic heterocycles. The average molecular weight is 131 g/mol. The highest BCUT2D eigenvalue weighted by Crippen LogP contribution is 2.00. The summed E-state index contributed by atoms with van der Waals surface area (Å²) in [5, 5.41) is 11.3. The third kappa shape index (κ3) is 1.32. The summed E-state index contributed by atoms with van der Waals surface area (Å²) in [5.41, 5.74) is 0. The van der Waals surface area contributed by atoms with Gasteiger partial charge in [0.15, 0.2) is 0 Å². The fraction of sp³-hybridized carbons (Fsp3) is 0.800. The summed E-state index contributed by atoms with van der Waals surface area (Å²) in [7, 11) is 0. The van der Waals surface area contributed by atoms with Gasteiger partial charge in [0.05, 0.1) is 12.1 Å². The number of hydrogen-bond acceptors (Lipinski definition) is 3. The van der Waals surface area contributed by atoms with Gasteiger partial charge in [0.2, 0.25) is 0 Å². The van der Waals surface area contributed by atoms with Crippen LogP contribution in [0.2, 0.25) is 0 Å². The number of rotatable bonds is 1. The van der Waals surface area contributed by atoms with E-state index in [1.807, 2.05) is 0 Å². The maximum atomic E-state index is 10.3. The van der Waals surface area contributed by atoms with Crippen LogP contribution in [0.3, 0.4) is 0 Å². The Hall–Kier alpha value is -0.770. The lowest BCUT2D eigenvalue weighted by Gasteiger charge is -2.08. The van der Waals surface area contributed by atoms with Gasteiger partial charge in [0.25, 0.3) is 0 Å². The summed E-state index contributed by atoms with van der Waals surface area (Å²) < 4.78 is 4.52. The molecule has 4 heteroatoms. The maximum Gasteiger partial charge on any atom is 0.407 e. The second kappa shape index (κ2) is 2.23. The molecule has 2 N–H and O–H groups in total. The van der Waals surface area contributed by atoms with Crippen molar-refractivity contribution in [2.75, 3.05) is 6.61 Å². The van der Waals surface area contributed by atoms with Gasteiger partial charge >= 0.3 is 6.09 Å². The molecule has 1 aliphatic heterocycles. The van der Waals surface area contributed by atoms with E-state index in [2.05, 4.69) is 10.1 Å². The van der Waals surface area contributed by atoms with Gasteiger partial charge in [-0.1, -0.05) is 0 Å². The van der Waals surface area contributed by atoms with Crippen LogP contribution in [0, 0.1) is 0 Å². The Morgan fingerprint density at radius 3 is 2.89 bits per heavy atom. The number of carbonyl (C=O) groups excluding carboxylic acids is 1. The number of aliphatic hydroxyl groups is 1. The molecule has 4 nitrogen and oxygen atoms in total. The van der Waals surface area contributed by atoms with E-state index < -0.39 is 12.2 Å². The molecule has 1 amide bonds. The van der Waals surface area contributed by atoms with Gasteiger partial charge in [-0.15, -0.1) is 0 Å². The van der Waals surface area contributed by atoms with E-state index in [-0.39, 0.29) is 12.6 Å². The number of nitrogens with one attached hydrogen (secondary N) is 1. The van der Waals surface area contributed by atoms with Crippen LogP contribution in [0.5, 0.6) is 0 Å². The third-order valence-corrected chi connectivity index (χ3v) is 1.28. The number of hydrogen-bond donors (Lipinski definition) is 2. The molecule has 0 unspecified atom stereocenters. The summed E-state index contributed by atoms with van der Waals surface area (Å²) >= 11 is 0. The molecule has 1 rings (SSSR count). The predicted molar refractivity (Wildman–Crippen MR) is 30.0 cm³/mol. The van der Waals surface area contributed by atoms with Crippen molar-refractivity contribution in [3.63, 3.8) is 0 Å². The van der Waals surface area contributed by atoms with E-state index in [1.54, 1.807) is 6.92 Å². The summed E-state index contributed by atoms with van der Waals surface area (Å²) in [6, 6.07) is -0.225. The molecule has 1 fully saturated rings. The molecule has 9 heavy (non-hydrogen) atoms. The number of carbonyl (C=O) groups is 1. The average Bonchev–Trinajstić information content (AvgIpc) is 2.14. The summed E-state index contributed by atoms with van der Waals surface area (Å²) in [4.78, 5) is 10.3. The Labute approximate surface area is 52.8 Å². The van der Waals surface area contributed by atoms with Crippen molar-refractivity contribution in [1.82, 2.24) is 5.32 Å². The van der Waals surface area contributed by atoms with E-state index in [1.165, 1.54) is 0 Å². The Morgan fingerprint density at radius 1 is 2.00 bits per heavy atom. The summed E-state index contributed by atoms with van der Waals surface area (Å²) in [6.07, 6.45) is -0.975. The zero-order valence-electron chi connectivity index (χ0n) is 5.13. The molecule has 52 valence electrons. The van der Waals surface area contributed by atoms with Crippen LogP contribution in [0.4, 0.5) is 4.79 Å². The van der Waals surface area contributed by atoms with Gasteiger partial charge in [-0.3, -0.25) is 0 Å². The fourth-order valence-corrected chi connectivity index (χ4v) is 0.660. The van der Waals surface area contributed by atoms with Gasteiger partial charge in [0.1, 0.15) is 6.61 Å². The first-order valence-electron chi connectivity index (χ1n) is 2.81. The molecule has 0 spiro atoms. The van der Waals surface area contributed by atoms with Gasteiger partial charge in [-0.05, 0) is 6.92 Å². The lowest BCUT2D eigenvalue weighted by Crippen LogP contribution is -2.35. The van der Waals surface area contributed by atoms with Crippen molar-refractivity contribution in [2.45, 2.75) is 19.1 Å². The first-order valence-corrected chi connectivity index (χ1v) is 2.81. The molecule has 2 atom stereocenters. The second-order valence-corrected chi connectivity index (χ2v) is 2.09. The zero-order chi connectivity index (χ0) is 6.85. The SMILES string of the molecule is C[C@@H](O)[C@H]1COC(=O)N1. The lowest BCUT2D eigenvalue weighted by atomic mass is 10.2. The third-order valence-electron chi connectivity index (χ3n) is 1.28. The van der Waals surface area contributed by atoms with E-state index in [0.717, 1.165) is 0 Å². The van der Waals surface area contributed by atoms with Crippen molar-refractivity contribution in [1.29, 1.82) is 0 Å².